The first kappa shape index (κ1) is 15.2. The Hall–Kier alpha value is -0.680. The van der Waals surface area contributed by atoms with Gasteiger partial charge >= 0.3 is 0 Å². The molecule has 0 amide bonds. The quantitative estimate of drug-likeness (QED) is 0.402. The Labute approximate surface area is 148 Å². The van der Waals surface area contributed by atoms with Crippen LogP contribution in [0.4, 0.5) is 0 Å². The van der Waals surface area contributed by atoms with Gasteiger partial charge in [-0.2, -0.15) is 0 Å². The standard InChI is InChI=1S/C15H8Br2Cl2N2/c1-7-2-3-9(12(18)4-7)15-20-13-10(14(19)21-15)5-8(16)6-11(13)17/h2-6H,1H3. The van der Waals surface area contributed by atoms with E-state index in [1.165, 1.54) is 0 Å². The Morgan fingerprint density at radius 1 is 1.00 bits per heavy atom. The van der Waals surface area contributed by atoms with Crippen molar-refractivity contribution in [1.82, 2.24) is 9.97 Å². The van der Waals surface area contributed by atoms with E-state index in [1.54, 1.807) is 0 Å². The van der Waals surface area contributed by atoms with E-state index in [9.17, 15) is 0 Å². The zero-order chi connectivity index (χ0) is 15.1. The monoisotopic (exact) mass is 444 g/mol. The number of fused-ring (bicyclic) bond motifs is 1. The zero-order valence-electron chi connectivity index (χ0n) is 10.8. The molecular formula is C15H8Br2Cl2N2. The third-order valence-corrected chi connectivity index (χ3v) is 4.70. The summed E-state index contributed by atoms with van der Waals surface area (Å²) in [7, 11) is 0. The Bertz CT molecular complexity index is 866. The Morgan fingerprint density at radius 2 is 1.76 bits per heavy atom. The lowest BCUT2D eigenvalue weighted by atomic mass is 10.1. The molecule has 3 aromatic rings. The number of aryl methyl sites for hydroxylation is 1. The summed E-state index contributed by atoms with van der Waals surface area (Å²) < 4.78 is 1.76. The maximum atomic E-state index is 6.30. The van der Waals surface area contributed by atoms with Gasteiger partial charge in [0.1, 0.15) is 5.15 Å². The summed E-state index contributed by atoms with van der Waals surface area (Å²) in [5.74, 6) is 0.514. The molecule has 21 heavy (non-hydrogen) atoms. The van der Waals surface area contributed by atoms with Gasteiger partial charge in [-0.05, 0) is 52.7 Å². The van der Waals surface area contributed by atoms with Crippen LogP contribution in [0.25, 0.3) is 22.3 Å². The van der Waals surface area contributed by atoms with Gasteiger partial charge in [-0.25, -0.2) is 9.97 Å². The lowest BCUT2D eigenvalue weighted by Crippen LogP contribution is -1.94. The predicted molar refractivity (Wildman–Crippen MR) is 95.1 cm³/mol. The Balaban J connectivity index is 2.30. The summed E-state index contributed by atoms with van der Waals surface area (Å²) in [6.45, 7) is 1.98. The number of nitrogens with zero attached hydrogens (tertiary/aromatic N) is 2. The van der Waals surface area contributed by atoms with E-state index in [2.05, 4.69) is 41.8 Å². The van der Waals surface area contributed by atoms with Crippen molar-refractivity contribution >= 4 is 66.0 Å². The van der Waals surface area contributed by atoms with Crippen LogP contribution in [-0.4, -0.2) is 9.97 Å². The Kier molecular flexibility index (Phi) is 4.23. The van der Waals surface area contributed by atoms with Gasteiger partial charge in [0.25, 0.3) is 0 Å². The maximum absolute atomic E-state index is 6.30. The number of benzene rings is 2. The first-order valence-electron chi connectivity index (χ1n) is 6.04. The smallest absolute Gasteiger partial charge is 0.163 e. The average molecular weight is 447 g/mol. The fraction of sp³-hybridized carbons (Fsp3) is 0.0667. The van der Waals surface area contributed by atoms with Crippen LogP contribution in [0.2, 0.25) is 10.2 Å². The molecule has 0 fully saturated rings. The van der Waals surface area contributed by atoms with Gasteiger partial charge in [-0.1, -0.05) is 45.2 Å². The average Bonchev–Trinajstić information content (AvgIpc) is 2.40. The molecule has 0 spiro atoms. The molecule has 0 N–H and O–H groups in total. The molecule has 0 aliphatic heterocycles. The van der Waals surface area contributed by atoms with E-state index >= 15 is 0 Å². The van der Waals surface area contributed by atoms with E-state index in [0.29, 0.717) is 16.0 Å². The van der Waals surface area contributed by atoms with Gasteiger partial charge in [-0.15, -0.1) is 0 Å². The van der Waals surface area contributed by atoms with Crippen molar-refractivity contribution < 1.29 is 0 Å². The van der Waals surface area contributed by atoms with E-state index in [0.717, 1.165) is 31.0 Å². The predicted octanol–water partition coefficient (Wildman–Crippen LogP) is 6.44. The van der Waals surface area contributed by atoms with Gasteiger partial charge in [0, 0.05) is 19.9 Å². The molecule has 1 aromatic heterocycles. The summed E-state index contributed by atoms with van der Waals surface area (Å²) >= 11 is 19.5. The first-order valence-corrected chi connectivity index (χ1v) is 8.39. The maximum Gasteiger partial charge on any atom is 0.163 e. The third-order valence-electron chi connectivity index (χ3n) is 3.04. The molecular weight excluding hydrogens is 439 g/mol. The van der Waals surface area contributed by atoms with E-state index in [-0.39, 0.29) is 0 Å². The van der Waals surface area contributed by atoms with Crippen LogP contribution in [0.5, 0.6) is 0 Å². The van der Waals surface area contributed by atoms with Crippen molar-refractivity contribution in [3.8, 4) is 11.4 Å². The molecule has 0 aliphatic rings. The second kappa shape index (κ2) is 5.84. The lowest BCUT2D eigenvalue weighted by molar-refractivity contribution is 1.22. The highest BCUT2D eigenvalue weighted by Gasteiger charge is 2.13. The second-order valence-electron chi connectivity index (χ2n) is 4.61. The molecule has 6 heteroatoms. The number of aromatic nitrogens is 2. The highest BCUT2D eigenvalue weighted by Crippen LogP contribution is 2.34. The van der Waals surface area contributed by atoms with Crippen molar-refractivity contribution in [1.29, 1.82) is 0 Å². The summed E-state index contributed by atoms with van der Waals surface area (Å²) in [5.41, 5.74) is 2.60. The van der Waals surface area contributed by atoms with Crippen molar-refractivity contribution in [3.63, 3.8) is 0 Å². The van der Waals surface area contributed by atoms with Gasteiger partial charge < -0.3 is 0 Å². The molecule has 0 bridgehead atoms. The minimum atomic E-state index is 0.397. The van der Waals surface area contributed by atoms with Crippen LogP contribution in [0, 0.1) is 6.92 Å². The van der Waals surface area contributed by atoms with Gasteiger partial charge in [0.2, 0.25) is 0 Å². The number of hydrogen-bond acceptors (Lipinski definition) is 2. The van der Waals surface area contributed by atoms with Crippen LogP contribution in [0.15, 0.2) is 39.3 Å². The summed E-state index contributed by atoms with van der Waals surface area (Å²) in [5, 5.41) is 1.79. The molecule has 106 valence electrons. The molecule has 0 radical (unpaired) electrons. The number of hydrogen-bond donors (Lipinski definition) is 0. The van der Waals surface area contributed by atoms with Crippen molar-refractivity contribution in [2.75, 3.05) is 0 Å². The lowest BCUT2D eigenvalue weighted by Gasteiger charge is -2.08. The summed E-state index contributed by atoms with van der Waals surface area (Å²) in [6, 6.07) is 9.57. The van der Waals surface area contributed by atoms with Crippen LogP contribution in [0.3, 0.4) is 0 Å². The van der Waals surface area contributed by atoms with Crippen LogP contribution >= 0.6 is 55.1 Å². The zero-order valence-corrected chi connectivity index (χ0v) is 15.5. The highest BCUT2D eigenvalue weighted by molar-refractivity contribution is 9.11. The molecule has 0 saturated carbocycles. The highest BCUT2D eigenvalue weighted by atomic mass is 79.9. The molecule has 2 nitrogen and oxygen atoms in total. The minimum absolute atomic E-state index is 0.397. The fourth-order valence-corrected chi connectivity index (χ4v) is 3.90. The minimum Gasteiger partial charge on any atom is -0.227 e. The van der Waals surface area contributed by atoms with Gasteiger partial charge in [-0.3, -0.25) is 0 Å². The number of rotatable bonds is 1. The second-order valence-corrected chi connectivity index (χ2v) is 7.14. The molecule has 0 saturated heterocycles. The molecule has 0 atom stereocenters. The van der Waals surface area contributed by atoms with Crippen molar-refractivity contribution in [2.24, 2.45) is 0 Å². The largest absolute Gasteiger partial charge is 0.227 e. The summed E-state index contributed by atoms with van der Waals surface area (Å²) in [4.78, 5) is 8.96. The SMILES string of the molecule is Cc1ccc(-c2nc(Cl)c3cc(Br)cc(Br)c3n2)c(Cl)c1. The van der Waals surface area contributed by atoms with Crippen LogP contribution < -0.4 is 0 Å². The normalized spacial score (nSPS) is 11.1. The van der Waals surface area contributed by atoms with Crippen LogP contribution in [0.1, 0.15) is 5.56 Å². The van der Waals surface area contributed by atoms with Gasteiger partial charge in [0.05, 0.1) is 10.5 Å². The first-order chi connectivity index (χ1) is 9.95. The Morgan fingerprint density at radius 3 is 2.48 bits per heavy atom. The van der Waals surface area contributed by atoms with E-state index < -0.39 is 0 Å². The molecule has 3 rings (SSSR count). The molecule has 2 aromatic carbocycles. The molecule has 1 heterocycles. The third kappa shape index (κ3) is 2.95. The van der Waals surface area contributed by atoms with Crippen molar-refractivity contribution in [3.05, 3.63) is 55.0 Å². The summed E-state index contributed by atoms with van der Waals surface area (Å²) in [6.07, 6.45) is 0. The number of halogens is 4. The fourth-order valence-electron chi connectivity index (χ4n) is 2.04. The topological polar surface area (TPSA) is 25.8 Å². The van der Waals surface area contributed by atoms with Crippen molar-refractivity contribution in [2.45, 2.75) is 6.92 Å². The molecule has 0 aliphatic carbocycles. The van der Waals surface area contributed by atoms with Gasteiger partial charge in [0.15, 0.2) is 5.82 Å². The molecule has 0 unspecified atom stereocenters. The van der Waals surface area contributed by atoms with E-state index in [1.807, 2.05) is 37.3 Å². The van der Waals surface area contributed by atoms with Crippen LogP contribution in [-0.2, 0) is 0 Å². The van der Waals surface area contributed by atoms with E-state index in [4.69, 9.17) is 23.2 Å².